The van der Waals surface area contributed by atoms with E-state index < -0.39 is 20.8 Å². The minimum absolute atomic E-state index is 0.262. The second-order valence-electron chi connectivity index (χ2n) is 5.53. The van der Waals surface area contributed by atoms with Gasteiger partial charge < -0.3 is 5.43 Å². The third-order valence-corrected chi connectivity index (χ3v) is 7.20. The second-order valence-corrected chi connectivity index (χ2v) is 10.0. The molecule has 0 radical (unpaired) electrons. The zero-order valence-electron chi connectivity index (χ0n) is 13.5. The van der Waals surface area contributed by atoms with Gasteiger partial charge in [0.05, 0.1) is 10.6 Å². The van der Waals surface area contributed by atoms with Crippen LogP contribution in [0.4, 0.5) is 0 Å². The van der Waals surface area contributed by atoms with E-state index in [0.29, 0.717) is 13.0 Å². The predicted molar refractivity (Wildman–Crippen MR) is 108 cm³/mol. The summed E-state index contributed by atoms with van der Waals surface area (Å²) in [5.74, 6) is 0. The maximum atomic E-state index is 12.8. The molecule has 0 saturated heterocycles. The fourth-order valence-corrected chi connectivity index (χ4v) is 4.66. The molecule has 2 aromatic carbocycles. The van der Waals surface area contributed by atoms with Crippen LogP contribution in [-0.4, -0.2) is 29.8 Å². The highest BCUT2D eigenvalue weighted by Gasteiger charge is 2.27. The molecule has 3 rings (SSSR count). The summed E-state index contributed by atoms with van der Waals surface area (Å²) in [6, 6.07) is 14.0. The van der Waals surface area contributed by atoms with Crippen LogP contribution in [0.2, 0.25) is 0 Å². The summed E-state index contributed by atoms with van der Waals surface area (Å²) in [7, 11) is -4.65. The number of nitrogens with one attached hydrogen (secondary N) is 1. The quantitative estimate of drug-likeness (QED) is 0.673. The summed E-state index contributed by atoms with van der Waals surface area (Å²) in [6.45, 7) is 0.370. The summed E-state index contributed by atoms with van der Waals surface area (Å²) in [5.41, 5.74) is 4.59. The Morgan fingerprint density at radius 1 is 1.08 bits per heavy atom. The van der Waals surface area contributed by atoms with Gasteiger partial charge in [-0.25, -0.2) is 8.42 Å². The van der Waals surface area contributed by atoms with Gasteiger partial charge in [-0.2, -0.15) is 0 Å². The molecule has 0 amide bonds. The molecule has 0 aliphatic carbocycles. The van der Waals surface area contributed by atoms with Gasteiger partial charge in [0.15, 0.2) is 0 Å². The molecule has 1 unspecified atom stereocenters. The number of halogens is 1. The van der Waals surface area contributed by atoms with Gasteiger partial charge in [-0.1, -0.05) is 18.2 Å². The lowest BCUT2D eigenvalue weighted by Crippen LogP contribution is -2.44. The molecule has 25 heavy (non-hydrogen) atoms. The predicted octanol–water partition coefficient (Wildman–Crippen LogP) is 2.97. The van der Waals surface area contributed by atoms with Crippen molar-refractivity contribution in [3.05, 3.63) is 63.7 Å². The Labute approximate surface area is 163 Å². The standard InChI is InChI=1S/C17H17IN2O3S2/c1-24(21)15-8-4-13(5-9-15)17-3-2-12-20(19-17)25(22,23)16-10-6-14(18)7-11-16/h3-11,19H,2,12H2,1H3. The Kier molecular flexibility index (Phi) is 5.62. The van der Waals surface area contributed by atoms with E-state index in [-0.39, 0.29) is 4.90 Å². The molecule has 0 saturated carbocycles. The van der Waals surface area contributed by atoms with Crippen molar-refractivity contribution < 1.29 is 12.6 Å². The maximum Gasteiger partial charge on any atom is 0.259 e. The number of rotatable bonds is 4. The van der Waals surface area contributed by atoms with Gasteiger partial charge in [0.1, 0.15) is 0 Å². The lowest BCUT2D eigenvalue weighted by atomic mass is 10.1. The van der Waals surface area contributed by atoms with E-state index in [2.05, 4.69) is 28.0 Å². The zero-order valence-corrected chi connectivity index (χ0v) is 17.3. The Bertz CT molecular complexity index is 923. The van der Waals surface area contributed by atoms with Crippen molar-refractivity contribution in [2.24, 2.45) is 0 Å². The number of sulfonamides is 1. The molecule has 1 aliphatic heterocycles. The first-order valence-electron chi connectivity index (χ1n) is 7.57. The molecule has 1 aliphatic rings. The zero-order chi connectivity index (χ0) is 18.0. The van der Waals surface area contributed by atoms with Crippen LogP contribution < -0.4 is 5.43 Å². The van der Waals surface area contributed by atoms with Gasteiger partial charge in [0.2, 0.25) is 0 Å². The Balaban J connectivity index is 1.84. The van der Waals surface area contributed by atoms with Gasteiger partial charge in [-0.05, 0) is 71.0 Å². The molecule has 0 spiro atoms. The number of hydrazine groups is 1. The summed E-state index contributed by atoms with van der Waals surface area (Å²) < 4.78 is 39.4. The van der Waals surface area contributed by atoms with Crippen molar-refractivity contribution in [1.29, 1.82) is 0 Å². The van der Waals surface area contributed by atoms with Crippen LogP contribution >= 0.6 is 22.6 Å². The third kappa shape index (κ3) is 4.13. The van der Waals surface area contributed by atoms with E-state index in [4.69, 9.17) is 0 Å². The fourth-order valence-electron chi connectivity index (χ4n) is 2.48. The lowest BCUT2D eigenvalue weighted by molar-refractivity contribution is 0.363. The van der Waals surface area contributed by atoms with Crippen LogP contribution in [0.3, 0.4) is 0 Å². The molecule has 5 nitrogen and oxygen atoms in total. The maximum absolute atomic E-state index is 12.8. The average Bonchev–Trinajstić information content (AvgIpc) is 2.62. The molecular formula is C17H17IN2O3S2. The fraction of sp³-hybridized carbons (Fsp3) is 0.176. The molecular weight excluding hydrogens is 471 g/mol. The molecule has 2 aromatic rings. The average molecular weight is 488 g/mol. The van der Waals surface area contributed by atoms with Crippen LogP contribution in [0.25, 0.3) is 5.70 Å². The van der Waals surface area contributed by atoms with Gasteiger partial charge in [0.25, 0.3) is 10.0 Å². The molecule has 132 valence electrons. The van der Waals surface area contributed by atoms with E-state index in [1.807, 2.05) is 18.2 Å². The number of hydrogen-bond donors (Lipinski definition) is 1. The first-order valence-corrected chi connectivity index (χ1v) is 11.6. The smallest absolute Gasteiger partial charge is 0.259 e. The Morgan fingerprint density at radius 2 is 1.72 bits per heavy atom. The molecule has 1 N–H and O–H groups in total. The molecule has 0 aromatic heterocycles. The van der Waals surface area contributed by atoms with Gasteiger partial charge in [-0.15, -0.1) is 4.41 Å². The SMILES string of the molecule is CS(=O)c1ccc(C2=CCCN(S(=O)(=O)c3ccc(I)cc3)N2)cc1. The van der Waals surface area contributed by atoms with Crippen LogP contribution in [0, 0.1) is 3.57 Å². The summed E-state index contributed by atoms with van der Waals surface area (Å²) in [5, 5.41) is 0. The van der Waals surface area contributed by atoms with Gasteiger partial charge in [0, 0.05) is 32.1 Å². The lowest BCUT2D eigenvalue weighted by Gasteiger charge is -2.28. The highest BCUT2D eigenvalue weighted by atomic mass is 127. The Morgan fingerprint density at radius 3 is 2.32 bits per heavy atom. The molecule has 0 bridgehead atoms. The van der Waals surface area contributed by atoms with Crippen molar-refractivity contribution in [3.8, 4) is 0 Å². The number of benzene rings is 2. The van der Waals surface area contributed by atoms with Crippen molar-refractivity contribution >= 4 is 49.1 Å². The number of nitrogens with zero attached hydrogens (tertiary/aromatic N) is 1. The van der Waals surface area contributed by atoms with Crippen molar-refractivity contribution in [3.63, 3.8) is 0 Å². The summed E-state index contributed by atoms with van der Waals surface area (Å²) >= 11 is 2.14. The number of hydrogen-bond acceptors (Lipinski definition) is 4. The molecule has 1 heterocycles. The van der Waals surface area contributed by atoms with Gasteiger partial charge in [-0.3, -0.25) is 4.21 Å². The van der Waals surface area contributed by atoms with Crippen molar-refractivity contribution in [2.75, 3.05) is 12.8 Å². The van der Waals surface area contributed by atoms with Crippen LogP contribution in [-0.2, 0) is 20.8 Å². The molecule has 1 atom stereocenters. The third-order valence-electron chi connectivity index (χ3n) is 3.82. The largest absolute Gasteiger partial charge is 0.305 e. The van der Waals surface area contributed by atoms with Crippen molar-refractivity contribution in [2.45, 2.75) is 16.2 Å². The van der Waals surface area contributed by atoms with E-state index in [9.17, 15) is 12.6 Å². The highest BCUT2D eigenvalue weighted by Crippen LogP contribution is 2.23. The first kappa shape index (κ1) is 18.6. The summed E-state index contributed by atoms with van der Waals surface area (Å²) in [6.07, 6.45) is 4.22. The normalized spacial score (nSPS) is 16.8. The summed E-state index contributed by atoms with van der Waals surface area (Å²) in [4.78, 5) is 1.00. The molecule has 0 fully saturated rings. The Hall–Kier alpha value is -1.23. The van der Waals surface area contributed by atoms with E-state index >= 15 is 0 Å². The van der Waals surface area contributed by atoms with Crippen LogP contribution in [0.15, 0.2) is 64.4 Å². The minimum atomic E-state index is -3.61. The van der Waals surface area contributed by atoms with Crippen LogP contribution in [0.5, 0.6) is 0 Å². The van der Waals surface area contributed by atoms with Gasteiger partial charge >= 0.3 is 0 Å². The van der Waals surface area contributed by atoms with Crippen molar-refractivity contribution in [1.82, 2.24) is 9.84 Å². The van der Waals surface area contributed by atoms with Crippen LogP contribution in [0.1, 0.15) is 12.0 Å². The molecule has 8 heteroatoms. The minimum Gasteiger partial charge on any atom is -0.305 e. The monoisotopic (exact) mass is 488 g/mol. The van der Waals surface area contributed by atoms with E-state index in [0.717, 1.165) is 19.7 Å². The second kappa shape index (κ2) is 7.56. The van der Waals surface area contributed by atoms with E-state index in [1.165, 1.54) is 4.41 Å². The van der Waals surface area contributed by atoms with E-state index in [1.54, 1.807) is 42.7 Å². The topological polar surface area (TPSA) is 66.5 Å². The highest BCUT2D eigenvalue weighted by molar-refractivity contribution is 14.1. The first-order chi connectivity index (χ1) is 11.9.